The van der Waals surface area contributed by atoms with E-state index in [0.717, 1.165) is 0 Å². The first-order valence-electron chi connectivity index (χ1n) is 11.7. The molecule has 194 valence electrons. The van der Waals surface area contributed by atoms with E-state index in [9.17, 15) is 14.4 Å². The Kier molecular flexibility index (Phi) is 14.7. The number of nitrogens with one attached hydrogen (secondary N) is 2. The normalized spacial score (nSPS) is 11.8. The molecule has 0 aliphatic rings. The first kappa shape index (κ1) is 30.9. The Morgan fingerprint density at radius 2 is 1.27 bits per heavy atom. The lowest BCUT2D eigenvalue weighted by Gasteiger charge is -2.27. The van der Waals surface area contributed by atoms with Crippen LogP contribution in [0.1, 0.15) is 74.7 Å². The third-order valence-corrected chi connectivity index (χ3v) is 3.93. The molecule has 0 saturated heterocycles. The van der Waals surface area contributed by atoms with Crippen LogP contribution < -0.4 is 10.6 Å². The first-order valence-corrected chi connectivity index (χ1v) is 11.7. The molecule has 0 aliphatic carbocycles. The van der Waals surface area contributed by atoms with E-state index in [2.05, 4.69) is 10.6 Å². The van der Waals surface area contributed by atoms with Crippen LogP contribution >= 0.6 is 0 Å². The number of amides is 3. The maximum absolute atomic E-state index is 12.6. The fourth-order valence-electron chi connectivity index (χ4n) is 2.62. The molecule has 0 spiro atoms. The Morgan fingerprint density at radius 3 is 1.79 bits per heavy atom. The van der Waals surface area contributed by atoms with Crippen LogP contribution in [-0.2, 0) is 23.7 Å². The summed E-state index contributed by atoms with van der Waals surface area (Å²) < 4.78 is 21.3. The quantitative estimate of drug-likeness (QED) is 0.292. The average molecular weight is 476 g/mol. The molecule has 0 atom stereocenters. The van der Waals surface area contributed by atoms with Crippen molar-refractivity contribution in [2.75, 3.05) is 39.4 Å². The molecule has 10 nitrogen and oxygen atoms in total. The van der Waals surface area contributed by atoms with E-state index in [1.807, 2.05) is 20.8 Å². The van der Waals surface area contributed by atoms with Gasteiger partial charge in [-0.05, 0) is 74.7 Å². The fraction of sp³-hybridized carbons (Fsp3) is 0.870. The number of rotatable bonds is 14. The highest BCUT2D eigenvalue weighted by atomic mass is 16.7. The van der Waals surface area contributed by atoms with Gasteiger partial charge in [-0.15, -0.1) is 0 Å². The van der Waals surface area contributed by atoms with Gasteiger partial charge in [0.05, 0.1) is 0 Å². The van der Waals surface area contributed by atoms with Gasteiger partial charge in [-0.3, -0.25) is 4.79 Å². The molecule has 0 fully saturated rings. The number of nitrogens with zero attached hydrogens (tertiary/aromatic N) is 1. The Balaban J connectivity index is 4.52. The molecule has 0 aromatic heterocycles. The number of carbonyl (C=O) groups is 3. The zero-order valence-electron chi connectivity index (χ0n) is 21.7. The van der Waals surface area contributed by atoms with Crippen molar-refractivity contribution in [3.8, 4) is 0 Å². The smallest absolute Gasteiger partial charge is 0.410 e. The average Bonchev–Trinajstić information content (AvgIpc) is 2.66. The van der Waals surface area contributed by atoms with Crippen molar-refractivity contribution in [1.29, 1.82) is 0 Å². The third kappa shape index (κ3) is 17.1. The molecule has 0 bridgehead atoms. The number of hydrogen-bond acceptors (Lipinski definition) is 7. The Hall–Kier alpha value is -2.07. The molecule has 0 saturated carbocycles. The predicted molar refractivity (Wildman–Crippen MR) is 126 cm³/mol. The molecule has 0 aliphatic heterocycles. The van der Waals surface area contributed by atoms with Crippen molar-refractivity contribution in [2.45, 2.75) is 92.1 Å². The molecule has 0 aromatic carbocycles. The van der Waals surface area contributed by atoms with Crippen LogP contribution in [0.2, 0.25) is 0 Å². The van der Waals surface area contributed by atoms with E-state index in [-0.39, 0.29) is 5.91 Å². The lowest BCUT2D eigenvalue weighted by molar-refractivity contribution is -0.170. The highest BCUT2D eigenvalue weighted by molar-refractivity contribution is 5.79. The summed E-state index contributed by atoms with van der Waals surface area (Å²) in [6.45, 7) is 16.9. The second kappa shape index (κ2) is 15.7. The van der Waals surface area contributed by atoms with Crippen molar-refractivity contribution in [3.63, 3.8) is 0 Å². The standard InChI is InChI=1S/C23H45N3O7/c1-9-30-19(31-10-2)18(27)24-14-11-12-16-26(21(29)33-23(6,7)8)17-13-15-25-20(28)32-22(3,4)5/h19H,9-17H2,1-8H3,(H,24,27)(H,25,28). The van der Waals surface area contributed by atoms with Gasteiger partial charge in [0.25, 0.3) is 5.91 Å². The van der Waals surface area contributed by atoms with E-state index in [1.165, 1.54) is 0 Å². The summed E-state index contributed by atoms with van der Waals surface area (Å²) in [5.74, 6) is -0.309. The number of hydrogen-bond donors (Lipinski definition) is 2. The van der Waals surface area contributed by atoms with Crippen LogP contribution in [0.15, 0.2) is 0 Å². The molecule has 0 aromatic rings. The summed E-state index contributed by atoms with van der Waals surface area (Å²) in [6.07, 6.45) is 0.102. The van der Waals surface area contributed by atoms with Gasteiger partial charge in [-0.25, -0.2) is 9.59 Å². The van der Waals surface area contributed by atoms with Crippen molar-refractivity contribution in [1.82, 2.24) is 15.5 Å². The summed E-state index contributed by atoms with van der Waals surface area (Å²) >= 11 is 0. The zero-order chi connectivity index (χ0) is 25.5. The van der Waals surface area contributed by atoms with Crippen LogP contribution in [-0.4, -0.2) is 79.9 Å². The molecular weight excluding hydrogens is 430 g/mol. The second-order valence-corrected chi connectivity index (χ2v) is 9.49. The monoisotopic (exact) mass is 475 g/mol. The van der Waals surface area contributed by atoms with Crippen LogP contribution in [0.3, 0.4) is 0 Å². The topological polar surface area (TPSA) is 115 Å². The molecule has 0 radical (unpaired) electrons. The molecule has 0 heterocycles. The molecular formula is C23H45N3O7. The van der Waals surface area contributed by atoms with Gasteiger partial charge in [0.2, 0.25) is 6.29 Å². The largest absolute Gasteiger partial charge is 0.444 e. The van der Waals surface area contributed by atoms with Gasteiger partial charge in [-0.1, -0.05) is 0 Å². The van der Waals surface area contributed by atoms with Gasteiger partial charge in [-0.2, -0.15) is 0 Å². The van der Waals surface area contributed by atoms with E-state index in [0.29, 0.717) is 58.7 Å². The summed E-state index contributed by atoms with van der Waals surface area (Å²) in [5, 5.41) is 5.48. The SMILES string of the molecule is CCOC(OCC)C(=O)NCCCCN(CCCNC(=O)OC(C)(C)C)C(=O)OC(C)(C)C. The summed E-state index contributed by atoms with van der Waals surface area (Å²) in [4.78, 5) is 38.1. The summed E-state index contributed by atoms with van der Waals surface area (Å²) in [6, 6.07) is 0. The maximum Gasteiger partial charge on any atom is 0.410 e. The van der Waals surface area contributed by atoms with Gasteiger partial charge in [0.15, 0.2) is 0 Å². The Bertz CT molecular complexity index is 580. The van der Waals surface area contributed by atoms with Crippen LogP contribution in [0.25, 0.3) is 0 Å². The van der Waals surface area contributed by atoms with Crippen LogP contribution in [0.5, 0.6) is 0 Å². The third-order valence-electron chi connectivity index (χ3n) is 3.93. The number of alkyl carbamates (subject to hydrolysis) is 1. The second-order valence-electron chi connectivity index (χ2n) is 9.49. The number of unbranched alkanes of at least 4 members (excludes halogenated alkanes) is 1. The highest BCUT2D eigenvalue weighted by Gasteiger charge is 2.22. The van der Waals surface area contributed by atoms with E-state index < -0.39 is 29.7 Å². The minimum absolute atomic E-state index is 0.309. The minimum Gasteiger partial charge on any atom is -0.444 e. The van der Waals surface area contributed by atoms with E-state index >= 15 is 0 Å². The Labute approximate surface area is 199 Å². The maximum atomic E-state index is 12.6. The summed E-state index contributed by atoms with van der Waals surface area (Å²) in [5.41, 5.74) is -1.17. The predicted octanol–water partition coefficient (Wildman–Crippen LogP) is 3.43. The fourth-order valence-corrected chi connectivity index (χ4v) is 2.62. The molecule has 10 heteroatoms. The van der Waals surface area contributed by atoms with Crippen LogP contribution in [0, 0.1) is 0 Å². The molecule has 3 amide bonds. The lowest BCUT2D eigenvalue weighted by atomic mass is 10.2. The lowest BCUT2D eigenvalue weighted by Crippen LogP contribution is -2.40. The van der Waals surface area contributed by atoms with Crippen molar-refractivity contribution in [2.24, 2.45) is 0 Å². The molecule has 2 N–H and O–H groups in total. The van der Waals surface area contributed by atoms with E-state index in [1.54, 1.807) is 39.5 Å². The van der Waals surface area contributed by atoms with Crippen molar-refractivity contribution < 1.29 is 33.3 Å². The van der Waals surface area contributed by atoms with Gasteiger partial charge in [0, 0.05) is 39.4 Å². The molecule has 0 rings (SSSR count). The number of ether oxygens (including phenoxy) is 4. The van der Waals surface area contributed by atoms with Gasteiger partial charge in [0.1, 0.15) is 11.2 Å². The van der Waals surface area contributed by atoms with Crippen molar-refractivity contribution in [3.05, 3.63) is 0 Å². The molecule has 0 unspecified atom stereocenters. The van der Waals surface area contributed by atoms with Crippen molar-refractivity contribution >= 4 is 18.1 Å². The van der Waals surface area contributed by atoms with E-state index in [4.69, 9.17) is 18.9 Å². The summed E-state index contributed by atoms with van der Waals surface area (Å²) in [7, 11) is 0. The zero-order valence-corrected chi connectivity index (χ0v) is 21.7. The highest BCUT2D eigenvalue weighted by Crippen LogP contribution is 2.11. The van der Waals surface area contributed by atoms with Crippen LogP contribution in [0.4, 0.5) is 9.59 Å². The first-order chi connectivity index (χ1) is 15.3. The Morgan fingerprint density at radius 1 is 0.758 bits per heavy atom. The van der Waals surface area contributed by atoms with Gasteiger partial charge >= 0.3 is 12.2 Å². The minimum atomic E-state index is -0.907. The number of carbonyl (C=O) groups excluding carboxylic acids is 3. The molecule has 33 heavy (non-hydrogen) atoms. The van der Waals surface area contributed by atoms with Gasteiger partial charge < -0.3 is 34.5 Å².